The van der Waals surface area contributed by atoms with Gasteiger partial charge in [-0.3, -0.25) is 4.79 Å². The minimum absolute atomic E-state index is 0.130. The van der Waals surface area contributed by atoms with Gasteiger partial charge in [-0.1, -0.05) is 0 Å². The highest BCUT2D eigenvalue weighted by atomic mass is 16.4. The molecule has 0 bridgehead atoms. The summed E-state index contributed by atoms with van der Waals surface area (Å²) in [6, 6.07) is 2.23. The van der Waals surface area contributed by atoms with Gasteiger partial charge < -0.3 is 5.11 Å². The molecule has 1 rings (SSSR count). The van der Waals surface area contributed by atoms with Gasteiger partial charge in [-0.2, -0.15) is 5.26 Å². The summed E-state index contributed by atoms with van der Waals surface area (Å²) in [7, 11) is 0. The second kappa shape index (κ2) is 2.91. The van der Waals surface area contributed by atoms with Crippen molar-refractivity contribution >= 4 is 5.97 Å². The molecule has 0 saturated heterocycles. The van der Waals surface area contributed by atoms with Crippen LogP contribution in [0.4, 0.5) is 0 Å². The summed E-state index contributed by atoms with van der Waals surface area (Å²) in [6.07, 6.45) is 3.52. The van der Waals surface area contributed by atoms with E-state index in [2.05, 4.69) is 6.07 Å². The monoisotopic (exact) mass is 153 g/mol. The van der Waals surface area contributed by atoms with E-state index in [9.17, 15) is 4.79 Å². The van der Waals surface area contributed by atoms with Crippen LogP contribution in [0.3, 0.4) is 0 Å². The summed E-state index contributed by atoms with van der Waals surface area (Å²) in [5.41, 5.74) is -0.130. The molecular formula is C8H11NO2. The van der Waals surface area contributed by atoms with Crippen LogP contribution in [0.5, 0.6) is 0 Å². The van der Waals surface area contributed by atoms with Crippen molar-refractivity contribution in [2.45, 2.75) is 32.1 Å². The molecule has 0 unspecified atom stereocenters. The minimum Gasteiger partial charge on any atom is -0.481 e. The Kier molecular flexibility index (Phi) is 2.13. The lowest BCUT2D eigenvalue weighted by Gasteiger charge is -2.01. The Morgan fingerprint density at radius 3 is 2.64 bits per heavy atom. The van der Waals surface area contributed by atoms with E-state index >= 15 is 0 Å². The van der Waals surface area contributed by atoms with E-state index in [4.69, 9.17) is 10.4 Å². The van der Waals surface area contributed by atoms with Crippen LogP contribution < -0.4 is 0 Å². The molecule has 1 aliphatic rings. The molecule has 0 amide bonds. The Balaban J connectivity index is 2.14. The highest BCUT2D eigenvalue weighted by molar-refractivity contribution is 5.66. The largest absolute Gasteiger partial charge is 0.481 e. The van der Waals surface area contributed by atoms with Gasteiger partial charge in [-0.25, -0.2) is 0 Å². The number of hydrogen-bond donors (Lipinski definition) is 1. The molecule has 0 atom stereocenters. The summed E-state index contributed by atoms with van der Waals surface area (Å²) in [5, 5.41) is 16.9. The molecule has 11 heavy (non-hydrogen) atoms. The summed E-state index contributed by atoms with van der Waals surface area (Å²) < 4.78 is 0. The highest BCUT2D eigenvalue weighted by Crippen LogP contribution is 2.48. The van der Waals surface area contributed by atoms with E-state index in [-0.39, 0.29) is 11.8 Å². The summed E-state index contributed by atoms with van der Waals surface area (Å²) in [6.45, 7) is 0. The molecule has 0 spiro atoms. The van der Waals surface area contributed by atoms with Crippen molar-refractivity contribution in [1.29, 1.82) is 5.26 Å². The maximum absolute atomic E-state index is 10.1. The van der Waals surface area contributed by atoms with Crippen LogP contribution in [-0.2, 0) is 4.79 Å². The highest BCUT2D eigenvalue weighted by Gasteiger charge is 2.42. The summed E-state index contributed by atoms with van der Waals surface area (Å²) >= 11 is 0. The smallest absolute Gasteiger partial charge is 0.303 e. The van der Waals surface area contributed by atoms with E-state index < -0.39 is 5.97 Å². The van der Waals surface area contributed by atoms with E-state index in [0.717, 1.165) is 19.3 Å². The Morgan fingerprint density at radius 2 is 2.27 bits per heavy atom. The number of aliphatic carboxylic acids is 1. The standard InChI is InChI=1S/C8H11NO2/c9-6-8(4-5-8)3-1-2-7(10)11/h1-5H2,(H,10,11). The quantitative estimate of drug-likeness (QED) is 0.666. The summed E-state index contributed by atoms with van der Waals surface area (Å²) in [4.78, 5) is 10.1. The van der Waals surface area contributed by atoms with Crippen LogP contribution in [0.25, 0.3) is 0 Å². The fourth-order valence-corrected chi connectivity index (χ4v) is 1.15. The third kappa shape index (κ3) is 2.23. The van der Waals surface area contributed by atoms with E-state index in [1.54, 1.807) is 0 Å². The first-order valence-electron chi connectivity index (χ1n) is 3.82. The van der Waals surface area contributed by atoms with E-state index in [0.29, 0.717) is 6.42 Å². The maximum atomic E-state index is 10.1. The molecular weight excluding hydrogens is 142 g/mol. The van der Waals surface area contributed by atoms with Crippen LogP contribution in [0.2, 0.25) is 0 Å². The Hall–Kier alpha value is -1.04. The molecule has 60 valence electrons. The second-order valence-electron chi connectivity index (χ2n) is 3.14. The van der Waals surface area contributed by atoms with Crippen LogP contribution in [0, 0.1) is 16.7 Å². The lowest BCUT2D eigenvalue weighted by atomic mass is 10.0. The van der Waals surface area contributed by atoms with Crippen molar-refractivity contribution in [3.05, 3.63) is 0 Å². The van der Waals surface area contributed by atoms with Gasteiger partial charge in [-0.05, 0) is 25.7 Å². The molecule has 0 aromatic rings. The molecule has 1 fully saturated rings. The van der Waals surface area contributed by atoms with Gasteiger partial charge in [-0.15, -0.1) is 0 Å². The zero-order valence-electron chi connectivity index (χ0n) is 6.34. The Bertz CT molecular complexity index is 201. The molecule has 0 radical (unpaired) electrons. The lowest BCUT2D eigenvalue weighted by Crippen LogP contribution is -1.99. The van der Waals surface area contributed by atoms with E-state index in [1.807, 2.05) is 0 Å². The third-order valence-corrected chi connectivity index (χ3v) is 2.14. The van der Waals surface area contributed by atoms with E-state index in [1.165, 1.54) is 0 Å². The molecule has 1 aliphatic carbocycles. The number of hydrogen-bond acceptors (Lipinski definition) is 2. The number of nitriles is 1. The normalized spacial score (nSPS) is 18.8. The molecule has 3 nitrogen and oxygen atoms in total. The van der Waals surface area contributed by atoms with Gasteiger partial charge >= 0.3 is 5.97 Å². The summed E-state index contributed by atoms with van der Waals surface area (Å²) in [5.74, 6) is -0.765. The average Bonchev–Trinajstić information content (AvgIpc) is 2.69. The van der Waals surface area contributed by atoms with Gasteiger partial charge in [0.15, 0.2) is 0 Å². The van der Waals surface area contributed by atoms with Gasteiger partial charge in [0, 0.05) is 6.42 Å². The molecule has 0 aromatic carbocycles. The molecule has 0 heterocycles. The van der Waals surface area contributed by atoms with Gasteiger partial charge in [0.05, 0.1) is 11.5 Å². The van der Waals surface area contributed by atoms with Crippen molar-refractivity contribution in [3.63, 3.8) is 0 Å². The predicted molar refractivity (Wildman–Crippen MR) is 38.8 cm³/mol. The number of nitrogens with zero attached hydrogens (tertiary/aromatic N) is 1. The number of rotatable bonds is 4. The van der Waals surface area contributed by atoms with Crippen LogP contribution in [0.1, 0.15) is 32.1 Å². The van der Waals surface area contributed by atoms with Crippen molar-refractivity contribution in [2.24, 2.45) is 5.41 Å². The predicted octanol–water partition coefficient (Wildman–Crippen LogP) is 1.55. The number of carbonyl (C=O) groups is 1. The van der Waals surface area contributed by atoms with Crippen molar-refractivity contribution < 1.29 is 9.90 Å². The van der Waals surface area contributed by atoms with Crippen LogP contribution in [-0.4, -0.2) is 11.1 Å². The first-order chi connectivity index (χ1) is 5.18. The van der Waals surface area contributed by atoms with Gasteiger partial charge in [0.2, 0.25) is 0 Å². The van der Waals surface area contributed by atoms with Crippen molar-refractivity contribution in [1.82, 2.24) is 0 Å². The topological polar surface area (TPSA) is 61.1 Å². The van der Waals surface area contributed by atoms with Crippen LogP contribution in [0.15, 0.2) is 0 Å². The fourth-order valence-electron chi connectivity index (χ4n) is 1.15. The third-order valence-electron chi connectivity index (χ3n) is 2.14. The fraction of sp³-hybridized carbons (Fsp3) is 0.750. The first kappa shape index (κ1) is 8.06. The average molecular weight is 153 g/mol. The van der Waals surface area contributed by atoms with Crippen molar-refractivity contribution in [3.8, 4) is 6.07 Å². The maximum Gasteiger partial charge on any atom is 0.303 e. The molecule has 0 aliphatic heterocycles. The van der Waals surface area contributed by atoms with Crippen LogP contribution >= 0.6 is 0 Å². The Labute approximate surface area is 65.6 Å². The molecule has 1 N–H and O–H groups in total. The molecule has 3 heteroatoms. The number of carboxylic acid groups (broad SMARTS) is 1. The molecule has 1 saturated carbocycles. The van der Waals surface area contributed by atoms with Gasteiger partial charge in [0.1, 0.15) is 0 Å². The zero-order chi connectivity index (χ0) is 8.32. The second-order valence-corrected chi connectivity index (χ2v) is 3.14. The number of carboxylic acids is 1. The van der Waals surface area contributed by atoms with Gasteiger partial charge in [0.25, 0.3) is 0 Å². The minimum atomic E-state index is -0.765. The lowest BCUT2D eigenvalue weighted by molar-refractivity contribution is -0.137. The zero-order valence-corrected chi connectivity index (χ0v) is 6.34. The first-order valence-corrected chi connectivity index (χ1v) is 3.82. The SMILES string of the molecule is N#CC1(CCCC(=O)O)CC1. The molecule has 0 aromatic heterocycles. The van der Waals surface area contributed by atoms with Crippen molar-refractivity contribution in [2.75, 3.05) is 0 Å². The Morgan fingerprint density at radius 1 is 1.64 bits per heavy atom.